The highest BCUT2D eigenvalue weighted by Crippen LogP contribution is 2.37. The summed E-state index contributed by atoms with van der Waals surface area (Å²) in [4.78, 5) is 4.22. The van der Waals surface area contributed by atoms with Gasteiger partial charge in [0.05, 0.1) is 22.9 Å². The highest BCUT2D eigenvalue weighted by atomic mass is 16.7. The Hall–Kier alpha value is -1.59. The minimum absolute atomic E-state index is 0.140. The van der Waals surface area contributed by atoms with Crippen molar-refractivity contribution >= 4 is 23.5 Å². The minimum atomic E-state index is -0.452. The number of hydrogen-bond acceptors (Lipinski definition) is 4. The maximum Gasteiger partial charge on any atom is 0.495 e. The predicted molar refractivity (Wildman–Crippen MR) is 79.1 cm³/mol. The van der Waals surface area contributed by atoms with Crippen LogP contribution in [0.25, 0.3) is 10.9 Å². The summed E-state index contributed by atoms with van der Waals surface area (Å²) >= 11 is 0. The van der Waals surface area contributed by atoms with Crippen LogP contribution in [0.15, 0.2) is 30.5 Å². The fraction of sp³-hybridized carbons (Fsp3) is 0.400. The molecule has 0 saturated carbocycles. The quantitative estimate of drug-likeness (QED) is 0.808. The molecule has 104 valence electrons. The molecule has 1 aromatic heterocycles. The van der Waals surface area contributed by atoms with E-state index in [0.717, 1.165) is 16.4 Å². The Labute approximate surface area is 118 Å². The monoisotopic (exact) mass is 271 g/mol. The molecule has 0 unspecified atom stereocenters. The zero-order valence-electron chi connectivity index (χ0n) is 12.2. The lowest BCUT2D eigenvalue weighted by molar-refractivity contribution is 0.00578. The number of pyridine rings is 1. The summed E-state index contributed by atoms with van der Waals surface area (Å²) in [5.74, 6) is 0.140. The molecule has 1 aliphatic rings. The summed E-state index contributed by atoms with van der Waals surface area (Å²) in [6.07, 6.45) is 1.44. The molecule has 4 nitrogen and oxygen atoms in total. The first-order chi connectivity index (χ1) is 9.30. The second-order valence-corrected chi connectivity index (χ2v) is 6.20. The highest BCUT2D eigenvalue weighted by molar-refractivity contribution is 6.65. The highest BCUT2D eigenvalue weighted by Gasteiger charge is 2.52. The first-order valence-corrected chi connectivity index (χ1v) is 6.73. The van der Waals surface area contributed by atoms with Gasteiger partial charge >= 0.3 is 7.12 Å². The van der Waals surface area contributed by atoms with Crippen LogP contribution in [-0.2, 0) is 9.31 Å². The Bertz CT molecular complexity index is 653. The Kier molecular flexibility index (Phi) is 2.82. The van der Waals surface area contributed by atoms with Crippen LogP contribution in [0.4, 0.5) is 0 Å². The number of benzene rings is 1. The molecule has 0 bridgehead atoms. The Morgan fingerprint density at radius 2 is 1.75 bits per heavy atom. The predicted octanol–water partition coefficient (Wildman–Crippen LogP) is 2.24. The third-order valence-corrected chi connectivity index (χ3v) is 4.25. The van der Waals surface area contributed by atoms with Gasteiger partial charge in [-0.1, -0.05) is 12.1 Å². The SMILES string of the molecule is CC1(C)OB(c2cccc3ncc(O)cc23)OC1(C)C. The van der Waals surface area contributed by atoms with E-state index in [4.69, 9.17) is 9.31 Å². The lowest BCUT2D eigenvalue weighted by Gasteiger charge is -2.32. The second-order valence-electron chi connectivity index (χ2n) is 6.20. The molecule has 0 radical (unpaired) electrons. The van der Waals surface area contributed by atoms with Crippen LogP contribution in [0.1, 0.15) is 27.7 Å². The summed E-state index contributed by atoms with van der Waals surface area (Å²) in [5.41, 5.74) is 0.938. The van der Waals surface area contributed by atoms with Crippen LogP contribution in [0.2, 0.25) is 0 Å². The molecule has 3 rings (SSSR count). The van der Waals surface area contributed by atoms with Gasteiger partial charge in [0.25, 0.3) is 0 Å². The van der Waals surface area contributed by atoms with Gasteiger partial charge in [0.15, 0.2) is 0 Å². The second kappa shape index (κ2) is 4.20. The van der Waals surface area contributed by atoms with Gasteiger partial charge in [-0.25, -0.2) is 0 Å². The molecular weight excluding hydrogens is 253 g/mol. The van der Waals surface area contributed by atoms with Gasteiger partial charge in [-0.15, -0.1) is 0 Å². The van der Waals surface area contributed by atoms with Crippen molar-refractivity contribution in [3.05, 3.63) is 30.5 Å². The van der Waals surface area contributed by atoms with Crippen LogP contribution >= 0.6 is 0 Å². The summed E-state index contributed by atoms with van der Waals surface area (Å²) in [5, 5.41) is 10.5. The smallest absolute Gasteiger partial charge is 0.495 e. The molecule has 1 aliphatic heterocycles. The van der Waals surface area contributed by atoms with E-state index in [0.29, 0.717) is 0 Å². The number of hydrogen-bond donors (Lipinski definition) is 1. The van der Waals surface area contributed by atoms with Gasteiger partial charge in [0, 0.05) is 5.39 Å². The first kappa shape index (κ1) is 13.4. The molecule has 1 saturated heterocycles. The molecule has 5 heteroatoms. The van der Waals surface area contributed by atoms with E-state index in [1.165, 1.54) is 6.20 Å². The maximum atomic E-state index is 9.66. The molecule has 2 heterocycles. The molecule has 0 spiro atoms. The van der Waals surface area contributed by atoms with Crippen LogP contribution in [0.5, 0.6) is 5.75 Å². The summed E-state index contributed by atoms with van der Waals surface area (Å²) < 4.78 is 12.1. The number of aromatic nitrogens is 1. The number of fused-ring (bicyclic) bond motifs is 1. The number of rotatable bonds is 1. The molecule has 2 aromatic rings. The van der Waals surface area contributed by atoms with E-state index in [-0.39, 0.29) is 17.0 Å². The lowest BCUT2D eigenvalue weighted by atomic mass is 9.76. The fourth-order valence-electron chi connectivity index (χ4n) is 2.34. The average Bonchev–Trinajstić information content (AvgIpc) is 2.57. The molecule has 0 amide bonds. The zero-order valence-corrected chi connectivity index (χ0v) is 12.2. The third-order valence-electron chi connectivity index (χ3n) is 4.25. The lowest BCUT2D eigenvalue weighted by Crippen LogP contribution is -2.41. The molecular formula is C15H18BNO3. The van der Waals surface area contributed by atoms with Gasteiger partial charge < -0.3 is 14.4 Å². The van der Waals surface area contributed by atoms with Crippen molar-refractivity contribution < 1.29 is 14.4 Å². The van der Waals surface area contributed by atoms with Gasteiger partial charge in [-0.3, -0.25) is 4.98 Å². The van der Waals surface area contributed by atoms with Gasteiger partial charge in [0.1, 0.15) is 5.75 Å². The van der Waals surface area contributed by atoms with Crippen molar-refractivity contribution in [2.24, 2.45) is 0 Å². The Morgan fingerprint density at radius 1 is 1.10 bits per heavy atom. The molecule has 20 heavy (non-hydrogen) atoms. The topological polar surface area (TPSA) is 51.6 Å². The molecule has 0 atom stereocenters. The Balaban J connectivity index is 2.10. The van der Waals surface area contributed by atoms with Crippen molar-refractivity contribution in [2.45, 2.75) is 38.9 Å². The van der Waals surface area contributed by atoms with Gasteiger partial charge in [0.2, 0.25) is 0 Å². The Morgan fingerprint density at radius 3 is 2.40 bits per heavy atom. The molecule has 1 aromatic carbocycles. The van der Waals surface area contributed by atoms with Gasteiger partial charge in [-0.05, 0) is 45.3 Å². The van der Waals surface area contributed by atoms with Crippen molar-refractivity contribution in [3.63, 3.8) is 0 Å². The largest absolute Gasteiger partial charge is 0.506 e. The van der Waals surface area contributed by atoms with Crippen LogP contribution in [0.3, 0.4) is 0 Å². The molecule has 0 aliphatic carbocycles. The maximum absolute atomic E-state index is 9.66. The summed E-state index contributed by atoms with van der Waals surface area (Å²) in [6, 6.07) is 7.48. The molecule has 1 N–H and O–H groups in total. The standard InChI is InChI=1S/C15H18BNO3/c1-14(2)15(3,4)20-16(19-14)12-6-5-7-13-11(12)8-10(18)9-17-13/h5-9,18H,1-4H3. The van der Waals surface area contributed by atoms with E-state index in [1.807, 2.05) is 45.9 Å². The fourth-order valence-corrected chi connectivity index (χ4v) is 2.34. The van der Waals surface area contributed by atoms with E-state index < -0.39 is 7.12 Å². The van der Waals surface area contributed by atoms with E-state index >= 15 is 0 Å². The van der Waals surface area contributed by atoms with Crippen molar-refractivity contribution in [1.29, 1.82) is 0 Å². The van der Waals surface area contributed by atoms with E-state index in [1.54, 1.807) is 6.07 Å². The van der Waals surface area contributed by atoms with Crippen molar-refractivity contribution in [2.75, 3.05) is 0 Å². The number of aromatic hydroxyl groups is 1. The first-order valence-electron chi connectivity index (χ1n) is 6.73. The molecule has 1 fully saturated rings. The number of nitrogens with zero attached hydrogens (tertiary/aromatic N) is 1. The average molecular weight is 271 g/mol. The summed E-state index contributed by atoms with van der Waals surface area (Å²) in [6.45, 7) is 8.09. The van der Waals surface area contributed by atoms with Gasteiger partial charge in [-0.2, -0.15) is 0 Å². The third kappa shape index (κ3) is 1.98. The van der Waals surface area contributed by atoms with Crippen LogP contribution < -0.4 is 5.46 Å². The van der Waals surface area contributed by atoms with Crippen LogP contribution in [-0.4, -0.2) is 28.4 Å². The van der Waals surface area contributed by atoms with Crippen molar-refractivity contribution in [1.82, 2.24) is 4.98 Å². The zero-order chi connectivity index (χ0) is 14.5. The normalized spacial score (nSPS) is 20.5. The van der Waals surface area contributed by atoms with Crippen molar-refractivity contribution in [3.8, 4) is 5.75 Å². The van der Waals surface area contributed by atoms with E-state index in [9.17, 15) is 5.11 Å². The summed E-state index contributed by atoms with van der Waals surface area (Å²) in [7, 11) is -0.452. The van der Waals surface area contributed by atoms with E-state index in [2.05, 4.69) is 4.98 Å². The minimum Gasteiger partial charge on any atom is -0.506 e. The van der Waals surface area contributed by atoms with Crippen LogP contribution in [0, 0.1) is 0 Å².